The van der Waals surface area contributed by atoms with E-state index in [1.54, 1.807) is 30.6 Å². The summed E-state index contributed by atoms with van der Waals surface area (Å²) in [5.41, 5.74) is 1.31. The third-order valence-corrected chi connectivity index (χ3v) is 4.07. The first-order valence-electron chi connectivity index (χ1n) is 6.07. The Labute approximate surface area is 124 Å². The molecule has 2 aromatic rings. The molecular formula is C13H14N2O3S2. The third kappa shape index (κ3) is 3.43. The van der Waals surface area contributed by atoms with Crippen molar-refractivity contribution in [3.8, 4) is 10.6 Å². The van der Waals surface area contributed by atoms with Crippen LogP contribution in [0.15, 0.2) is 22.2 Å². The van der Waals surface area contributed by atoms with Crippen molar-refractivity contribution in [2.75, 3.05) is 6.61 Å². The molecule has 0 saturated carbocycles. The van der Waals surface area contributed by atoms with Gasteiger partial charge in [0.25, 0.3) is 5.91 Å². The van der Waals surface area contributed by atoms with E-state index in [0.29, 0.717) is 5.69 Å². The average Bonchev–Trinajstić information content (AvgIpc) is 3.09. The van der Waals surface area contributed by atoms with Gasteiger partial charge in [-0.25, -0.2) is 9.78 Å². The first kappa shape index (κ1) is 14.7. The molecule has 1 unspecified atom stereocenters. The van der Waals surface area contributed by atoms with Gasteiger partial charge in [-0.15, -0.1) is 11.3 Å². The molecule has 0 bridgehead atoms. The van der Waals surface area contributed by atoms with Gasteiger partial charge in [0.1, 0.15) is 16.7 Å². The minimum absolute atomic E-state index is 0.290. The van der Waals surface area contributed by atoms with Crippen LogP contribution in [0.25, 0.3) is 10.6 Å². The van der Waals surface area contributed by atoms with Crippen LogP contribution in [-0.4, -0.2) is 29.5 Å². The smallest absolute Gasteiger partial charge is 0.328 e. The van der Waals surface area contributed by atoms with E-state index in [4.69, 9.17) is 4.74 Å². The fourth-order valence-corrected chi connectivity index (χ4v) is 3.01. The van der Waals surface area contributed by atoms with Crippen LogP contribution in [0, 0.1) is 0 Å². The number of nitrogens with zero attached hydrogens (tertiary/aromatic N) is 1. The number of carbonyl (C=O) groups excluding carboxylic acids is 2. The van der Waals surface area contributed by atoms with Gasteiger partial charge in [-0.1, -0.05) is 0 Å². The van der Waals surface area contributed by atoms with Gasteiger partial charge in [0, 0.05) is 16.3 Å². The maximum absolute atomic E-state index is 12.0. The van der Waals surface area contributed by atoms with Crippen molar-refractivity contribution in [2.45, 2.75) is 19.9 Å². The summed E-state index contributed by atoms with van der Waals surface area (Å²) in [5.74, 6) is -0.822. The number of hydrogen-bond acceptors (Lipinski definition) is 6. The van der Waals surface area contributed by atoms with Crippen molar-refractivity contribution in [3.63, 3.8) is 0 Å². The largest absolute Gasteiger partial charge is 0.464 e. The summed E-state index contributed by atoms with van der Waals surface area (Å²) in [6.07, 6.45) is 0. The van der Waals surface area contributed by atoms with Crippen LogP contribution in [0.3, 0.4) is 0 Å². The molecule has 0 aliphatic rings. The Morgan fingerprint density at radius 1 is 1.45 bits per heavy atom. The zero-order valence-corrected chi connectivity index (χ0v) is 12.7. The first-order chi connectivity index (χ1) is 9.61. The minimum atomic E-state index is -0.686. The lowest BCUT2D eigenvalue weighted by Gasteiger charge is -2.11. The standard InChI is InChI=1S/C13H14N2O3S2/c1-3-18-13(17)8(2)14-11(16)10-7-20-12(15-10)9-4-5-19-6-9/h4-8H,3H2,1-2H3,(H,14,16). The van der Waals surface area contributed by atoms with Crippen molar-refractivity contribution in [2.24, 2.45) is 0 Å². The third-order valence-electron chi connectivity index (χ3n) is 2.49. The van der Waals surface area contributed by atoms with E-state index < -0.39 is 12.0 Å². The molecule has 106 valence electrons. The number of rotatable bonds is 5. The van der Waals surface area contributed by atoms with E-state index in [2.05, 4.69) is 10.3 Å². The highest BCUT2D eigenvalue weighted by Gasteiger charge is 2.19. The zero-order valence-electron chi connectivity index (χ0n) is 11.1. The van der Waals surface area contributed by atoms with E-state index in [1.807, 2.05) is 16.8 Å². The second-order valence-electron chi connectivity index (χ2n) is 4.00. The second-order valence-corrected chi connectivity index (χ2v) is 5.64. The number of nitrogens with one attached hydrogen (secondary N) is 1. The topological polar surface area (TPSA) is 68.3 Å². The molecule has 0 fully saturated rings. The van der Waals surface area contributed by atoms with Crippen LogP contribution in [0.5, 0.6) is 0 Å². The van der Waals surface area contributed by atoms with Crippen LogP contribution in [-0.2, 0) is 9.53 Å². The average molecular weight is 310 g/mol. The quantitative estimate of drug-likeness (QED) is 0.862. The molecule has 0 aliphatic heterocycles. The van der Waals surface area contributed by atoms with E-state index in [-0.39, 0.29) is 12.5 Å². The molecule has 2 heterocycles. The molecule has 20 heavy (non-hydrogen) atoms. The fourth-order valence-electron chi connectivity index (χ4n) is 1.49. The number of esters is 1. The van der Waals surface area contributed by atoms with Crippen molar-refractivity contribution in [1.82, 2.24) is 10.3 Å². The van der Waals surface area contributed by atoms with Crippen molar-refractivity contribution in [1.29, 1.82) is 0 Å². The molecule has 0 radical (unpaired) electrons. The lowest BCUT2D eigenvalue weighted by Crippen LogP contribution is -2.39. The molecule has 0 aliphatic carbocycles. The Hall–Kier alpha value is -1.73. The summed E-state index contributed by atoms with van der Waals surface area (Å²) in [7, 11) is 0. The van der Waals surface area contributed by atoms with Crippen LogP contribution < -0.4 is 5.32 Å². The van der Waals surface area contributed by atoms with Crippen molar-refractivity contribution >= 4 is 34.6 Å². The maximum Gasteiger partial charge on any atom is 0.328 e. The highest BCUT2D eigenvalue weighted by molar-refractivity contribution is 7.14. The molecule has 2 rings (SSSR count). The SMILES string of the molecule is CCOC(=O)C(C)NC(=O)c1csc(-c2ccsc2)n1. The van der Waals surface area contributed by atoms with Crippen molar-refractivity contribution in [3.05, 3.63) is 27.9 Å². The molecule has 0 saturated heterocycles. The second kappa shape index (κ2) is 6.62. The van der Waals surface area contributed by atoms with Crippen LogP contribution in [0.2, 0.25) is 0 Å². The summed E-state index contributed by atoms with van der Waals surface area (Å²) >= 11 is 2.98. The van der Waals surface area contributed by atoms with Gasteiger partial charge in [0.05, 0.1) is 6.61 Å². The van der Waals surface area contributed by atoms with Crippen LogP contribution >= 0.6 is 22.7 Å². The fraction of sp³-hybridized carbons (Fsp3) is 0.308. The van der Waals surface area contributed by atoms with Crippen molar-refractivity contribution < 1.29 is 14.3 Å². The van der Waals surface area contributed by atoms with Gasteiger partial charge in [-0.3, -0.25) is 4.79 Å². The van der Waals surface area contributed by atoms with Gasteiger partial charge < -0.3 is 10.1 Å². The normalized spacial score (nSPS) is 11.9. The molecule has 0 spiro atoms. The molecule has 5 nitrogen and oxygen atoms in total. The summed E-state index contributed by atoms with van der Waals surface area (Å²) < 4.78 is 4.83. The lowest BCUT2D eigenvalue weighted by atomic mass is 10.3. The monoisotopic (exact) mass is 310 g/mol. The van der Waals surface area contributed by atoms with E-state index >= 15 is 0 Å². The number of carbonyl (C=O) groups is 2. The van der Waals surface area contributed by atoms with Gasteiger partial charge in [-0.2, -0.15) is 11.3 Å². The molecular weight excluding hydrogens is 296 g/mol. The van der Waals surface area contributed by atoms with Crippen LogP contribution in [0.1, 0.15) is 24.3 Å². The molecule has 1 atom stereocenters. The Morgan fingerprint density at radius 2 is 2.25 bits per heavy atom. The number of aromatic nitrogens is 1. The van der Waals surface area contributed by atoms with E-state index in [1.165, 1.54) is 11.3 Å². The van der Waals surface area contributed by atoms with Gasteiger partial charge in [0.15, 0.2) is 0 Å². The highest BCUT2D eigenvalue weighted by Crippen LogP contribution is 2.25. The summed E-state index contributed by atoms with van der Waals surface area (Å²) in [5, 5.41) is 8.98. The Morgan fingerprint density at radius 3 is 2.90 bits per heavy atom. The Kier molecular flexibility index (Phi) is 4.86. The molecule has 1 N–H and O–H groups in total. The maximum atomic E-state index is 12.0. The van der Waals surface area contributed by atoms with Crippen LogP contribution in [0.4, 0.5) is 0 Å². The molecule has 1 amide bonds. The number of thiazole rings is 1. The van der Waals surface area contributed by atoms with Gasteiger partial charge in [-0.05, 0) is 25.3 Å². The minimum Gasteiger partial charge on any atom is -0.464 e. The zero-order chi connectivity index (χ0) is 14.5. The lowest BCUT2D eigenvalue weighted by molar-refractivity contribution is -0.144. The predicted molar refractivity (Wildman–Crippen MR) is 79.0 cm³/mol. The Bertz CT molecular complexity index is 593. The summed E-state index contributed by atoms with van der Waals surface area (Å²) in [6.45, 7) is 3.60. The molecule has 2 aromatic heterocycles. The van der Waals surface area contributed by atoms with E-state index in [9.17, 15) is 9.59 Å². The van der Waals surface area contributed by atoms with Gasteiger partial charge in [0.2, 0.25) is 0 Å². The number of amides is 1. The molecule has 7 heteroatoms. The Balaban J connectivity index is 2.01. The van der Waals surface area contributed by atoms with E-state index in [0.717, 1.165) is 10.6 Å². The predicted octanol–water partition coefficient (Wildman–Crippen LogP) is 2.55. The number of thiophene rings is 1. The summed E-state index contributed by atoms with van der Waals surface area (Å²) in [6, 6.07) is 1.26. The highest BCUT2D eigenvalue weighted by atomic mass is 32.1. The number of hydrogen-bond donors (Lipinski definition) is 1. The van der Waals surface area contributed by atoms with Gasteiger partial charge >= 0.3 is 5.97 Å². The first-order valence-corrected chi connectivity index (χ1v) is 7.89. The number of ether oxygens (including phenoxy) is 1. The summed E-state index contributed by atoms with van der Waals surface area (Å²) in [4.78, 5) is 27.7. The molecule has 0 aromatic carbocycles.